The predicted molar refractivity (Wildman–Crippen MR) is 170 cm³/mol. The van der Waals surface area contributed by atoms with Crippen LogP contribution in [0, 0.1) is 19.8 Å². The Morgan fingerprint density at radius 2 is 1.86 bits per heavy atom. The van der Waals surface area contributed by atoms with Gasteiger partial charge in [0.05, 0.1) is 11.7 Å². The molecular formula is C32H33N5O6S. The van der Waals surface area contributed by atoms with Crippen molar-refractivity contribution in [1.29, 1.82) is 0 Å². The van der Waals surface area contributed by atoms with E-state index in [2.05, 4.69) is 25.6 Å². The lowest BCUT2D eigenvalue weighted by molar-refractivity contribution is -0.144. The van der Waals surface area contributed by atoms with Crippen LogP contribution in [0.4, 0.5) is 11.5 Å². The number of aliphatic carboxylic acids is 1. The van der Waals surface area contributed by atoms with Crippen LogP contribution in [0.3, 0.4) is 0 Å². The summed E-state index contributed by atoms with van der Waals surface area (Å²) in [6.45, 7) is 5.15. The van der Waals surface area contributed by atoms with Crippen molar-refractivity contribution < 1.29 is 29.0 Å². The molecule has 0 saturated carbocycles. The molecular weight excluding hydrogens is 582 g/mol. The number of hydrogen-bond acceptors (Lipinski definition) is 10. The lowest BCUT2D eigenvalue weighted by Gasteiger charge is -2.14. The fourth-order valence-electron chi connectivity index (χ4n) is 4.13. The molecule has 0 aliphatic rings. The van der Waals surface area contributed by atoms with Gasteiger partial charge in [-0.1, -0.05) is 6.07 Å². The number of ketones is 1. The van der Waals surface area contributed by atoms with E-state index in [0.29, 0.717) is 27.7 Å². The van der Waals surface area contributed by atoms with E-state index in [1.807, 2.05) is 68.5 Å². The molecule has 0 aliphatic heterocycles. The quantitative estimate of drug-likeness (QED) is 0.158. The molecule has 12 heteroatoms. The molecule has 1 atom stereocenters. The van der Waals surface area contributed by atoms with E-state index in [0.717, 1.165) is 27.9 Å². The van der Waals surface area contributed by atoms with Crippen molar-refractivity contribution >= 4 is 57.9 Å². The molecule has 4 aromatic rings. The fraction of sp³-hybridized carbons (Fsp3) is 0.250. The summed E-state index contributed by atoms with van der Waals surface area (Å²) >= 11 is 1.20. The van der Waals surface area contributed by atoms with Gasteiger partial charge in [-0.15, -0.1) is 11.8 Å². The number of thioether (sulfide) groups is 1. The zero-order valence-electron chi connectivity index (χ0n) is 24.8. The first-order valence-electron chi connectivity index (χ1n) is 13.7. The fourth-order valence-corrected chi connectivity index (χ4v) is 5.29. The number of Topliss-reactive ketones (excluding diaryl/α,β-unsaturated/α-hetero) is 1. The third-order valence-electron chi connectivity index (χ3n) is 6.50. The first-order chi connectivity index (χ1) is 21.1. The molecule has 2 aromatic carbocycles. The van der Waals surface area contributed by atoms with Crippen molar-refractivity contribution in [3.63, 3.8) is 0 Å². The molecule has 3 N–H and O–H groups in total. The molecule has 0 radical (unpaired) electrons. The van der Waals surface area contributed by atoms with Crippen molar-refractivity contribution in [1.82, 2.24) is 20.3 Å². The van der Waals surface area contributed by atoms with Gasteiger partial charge in [0.2, 0.25) is 5.91 Å². The monoisotopic (exact) mass is 615 g/mol. The summed E-state index contributed by atoms with van der Waals surface area (Å²) in [5.74, 6) is -1.13. The molecule has 2 heterocycles. The first-order valence-corrected chi connectivity index (χ1v) is 14.7. The molecule has 1 amide bonds. The van der Waals surface area contributed by atoms with Crippen LogP contribution in [0.1, 0.15) is 23.7 Å². The number of fused-ring (bicyclic) bond motifs is 1. The van der Waals surface area contributed by atoms with Crippen molar-refractivity contribution in [3.05, 3.63) is 82.8 Å². The smallest absolute Gasteiger partial charge is 0.314 e. The highest BCUT2D eigenvalue weighted by atomic mass is 32.2. The van der Waals surface area contributed by atoms with Gasteiger partial charge in [0, 0.05) is 41.1 Å². The zero-order chi connectivity index (χ0) is 31.6. The van der Waals surface area contributed by atoms with Crippen molar-refractivity contribution in [2.75, 3.05) is 31.3 Å². The van der Waals surface area contributed by atoms with Gasteiger partial charge in [-0.25, -0.2) is 9.97 Å². The molecule has 0 bridgehead atoms. The van der Waals surface area contributed by atoms with Crippen LogP contribution in [-0.4, -0.2) is 63.7 Å². The van der Waals surface area contributed by atoms with Crippen LogP contribution < -0.4 is 15.4 Å². The molecule has 0 aliphatic carbocycles. The standard InChI is InChI=1S/C32H33N5O6S/c1-19-11-23(7-10-29(19)43-24-8-5-20(2)33-14-24)37-31-26-13-22(6-9-28(26)35-18-36-31)12-25(15-34-30(39)16-42-4)44-17-27(21(3)38)32(40)41/h5-14,18,27H,15-17H2,1-4H3,(H,34,39)(H,40,41)(H,35,36,37). The average Bonchev–Trinajstić information content (AvgIpc) is 2.98. The van der Waals surface area contributed by atoms with Gasteiger partial charge in [-0.3, -0.25) is 19.4 Å². The highest BCUT2D eigenvalue weighted by molar-refractivity contribution is 8.03. The van der Waals surface area contributed by atoms with Crippen LogP contribution in [0.5, 0.6) is 11.5 Å². The largest absolute Gasteiger partial charge is 0.481 e. The van der Waals surface area contributed by atoms with Crippen LogP contribution in [0.2, 0.25) is 0 Å². The SMILES string of the molecule is COCC(=O)NCC(=Cc1ccc2ncnc(Nc3ccc(Oc4ccc(C)nc4)c(C)c3)c2c1)SCC(C(C)=O)C(=O)O. The Hall–Kier alpha value is -4.81. The molecule has 0 fully saturated rings. The minimum absolute atomic E-state index is 0.0274. The summed E-state index contributed by atoms with van der Waals surface area (Å²) in [6.07, 6.45) is 5.00. The number of benzene rings is 2. The number of anilines is 2. The molecule has 228 valence electrons. The molecule has 44 heavy (non-hydrogen) atoms. The predicted octanol–water partition coefficient (Wildman–Crippen LogP) is 5.30. The number of aromatic nitrogens is 3. The number of nitrogens with one attached hydrogen (secondary N) is 2. The van der Waals surface area contributed by atoms with Gasteiger partial charge in [-0.05, 0) is 80.4 Å². The summed E-state index contributed by atoms with van der Waals surface area (Å²) in [7, 11) is 1.42. The second-order valence-corrected chi connectivity index (χ2v) is 11.1. The maximum absolute atomic E-state index is 12.0. The number of nitrogens with zero attached hydrogens (tertiary/aromatic N) is 3. The number of hydrogen-bond donors (Lipinski definition) is 3. The van der Waals surface area contributed by atoms with Gasteiger partial charge in [0.15, 0.2) is 0 Å². The van der Waals surface area contributed by atoms with E-state index in [1.165, 1.54) is 32.1 Å². The maximum Gasteiger partial charge on any atom is 0.314 e. The van der Waals surface area contributed by atoms with Crippen LogP contribution in [0.25, 0.3) is 17.0 Å². The van der Waals surface area contributed by atoms with E-state index in [4.69, 9.17) is 9.47 Å². The number of carboxylic acids is 1. The first kappa shape index (κ1) is 32.1. The summed E-state index contributed by atoms with van der Waals surface area (Å²) < 4.78 is 10.9. The Morgan fingerprint density at radius 1 is 1.05 bits per heavy atom. The molecule has 2 aromatic heterocycles. The molecule has 4 rings (SSSR count). The van der Waals surface area contributed by atoms with E-state index in [9.17, 15) is 19.5 Å². The lowest BCUT2D eigenvalue weighted by atomic mass is 10.1. The summed E-state index contributed by atoms with van der Waals surface area (Å²) in [5.41, 5.74) is 4.13. The number of carboxylic acid groups (broad SMARTS) is 1. The van der Waals surface area contributed by atoms with Crippen molar-refractivity contribution in [2.45, 2.75) is 20.8 Å². The zero-order valence-corrected chi connectivity index (χ0v) is 25.6. The van der Waals surface area contributed by atoms with E-state index < -0.39 is 17.7 Å². The highest BCUT2D eigenvalue weighted by Gasteiger charge is 2.23. The maximum atomic E-state index is 12.0. The number of carbonyl (C=O) groups excluding carboxylic acids is 2. The Balaban J connectivity index is 1.58. The van der Waals surface area contributed by atoms with Crippen LogP contribution >= 0.6 is 11.8 Å². The third-order valence-corrected chi connectivity index (χ3v) is 7.63. The second kappa shape index (κ2) is 15.1. The van der Waals surface area contributed by atoms with Crippen LogP contribution in [-0.2, 0) is 19.1 Å². The number of carbonyl (C=O) groups is 3. The summed E-state index contributed by atoms with van der Waals surface area (Å²) in [5, 5.41) is 16.3. The Bertz CT molecular complexity index is 1680. The van der Waals surface area contributed by atoms with E-state index in [1.54, 1.807) is 6.20 Å². The summed E-state index contributed by atoms with van der Waals surface area (Å²) in [4.78, 5) is 49.2. The molecule has 0 spiro atoms. The Labute approximate surface area is 259 Å². The number of ether oxygens (including phenoxy) is 2. The minimum Gasteiger partial charge on any atom is -0.481 e. The Kier molecular flexibility index (Phi) is 11.0. The topological polar surface area (TPSA) is 153 Å². The second-order valence-electron chi connectivity index (χ2n) is 9.97. The third kappa shape index (κ3) is 8.85. The van der Waals surface area contributed by atoms with Crippen molar-refractivity contribution in [3.8, 4) is 11.5 Å². The van der Waals surface area contributed by atoms with Gasteiger partial charge >= 0.3 is 5.97 Å². The number of pyridine rings is 1. The Morgan fingerprint density at radius 3 is 2.55 bits per heavy atom. The minimum atomic E-state index is -1.19. The lowest BCUT2D eigenvalue weighted by Crippen LogP contribution is -2.29. The highest BCUT2D eigenvalue weighted by Crippen LogP contribution is 2.31. The number of aryl methyl sites for hydroxylation is 2. The summed E-state index contributed by atoms with van der Waals surface area (Å²) in [6, 6.07) is 15.1. The van der Waals surface area contributed by atoms with Crippen LogP contribution in [0.15, 0.2) is 66.0 Å². The van der Waals surface area contributed by atoms with Gasteiger partial charge in [-0.2, -0.15) is 0 Å². The number of amides is 1. The molecule has 0 saturated heterocycles. The van der Waals surface area contributed by atoms with E-state index in [-0.39, 0.29) is 24.8 Å². The van der Waals surface area contributed by atoms with Gasteiger partial charge in [0.1, 0.15) is 42.0 Å². The van der Waals surface area contributed by atoms with Gasteiger partial charge < -0.3 is 25.2 Å². The van der Waals surface area contributed by atoms with E-state index >= 15 is 0 Å². The van der Waals surface area contributed by atoms with Crippen molar-refractivity contribution in [2.24, 2.45) is 5.92 Å². The molecule has 1 unspecified atom stereocenters. The normalized spacial score (nSPS) is 12.0. The number of rotatable bonds is 14. The van der Waals surface area contributed by atoms with Gasteiger partial charge in [0.25, 0.3) is 0 Å². The number of methoxy groups -OCH3 is 1. The molecule has 11 nitrogen and oxygen atoms in total. The average molecular weight is 616 g/mol.